The Morgan fingerprint density at radius 2 is 2.00 bits per heavy atom. The van der Waals surface area contributed by atoms with Gasteiger partial charge in [-0.3, -0.25) is 4.98 Å². The van der Waals surface area contributed by atoms with Gasteiger partial charge in [0.25, 0.3) is 0 Å². The molecule has 0 aliphatic heterocycles. The number of ether oxygens (including phenoxy) is 1. The van der Waals surface area contributed by atoms with Crippen LogP contribution in [0, 0.1) is 0 Å². The number of pyridine rings is 1. The number of aryl methyl sites for hydroxylation is 1. The number of aromatic nitrogens is 3. The zero-order valence-electron chi connectivity index (χ0n) is 9.21. The summed E-state index contributed by atoms with van der Waals surface area (Å²) in [6, 6.07) is 5.61. The van der Waals surface area contributed by atoms with Gasteiger partial charge in [-0.2, -0.15) is 0 Å². The van der Waals surface area contributed by atoms with Crippen molar-refractivity contribution in [3.05, 3.63) is 47.6 Å². The highest BCUT2D eigenvalue weighted by atomic mass is 35.5. The van der Waals surface area contributed by atoms with Crippen LogP contribution in [0.1, 0.15) is 12.0 Å². The molecule has 0 fully saturated rings. The number of hydrogen-bond acceptors (Lipinski definition) is 4. The molecule has 4 nitrogen and oxygen atoms in total. The highest BCUT2D eigenvalue weighted by Crippen LogP contribution is 2.11. The largest absolute Gasteiger partial charge is 0.478 e. The lowest BCUT2D eigenvalue weighted by Gasteiger charge is -2.04. The summed E-state index contributed by atoms with van der Waals surface area (Å²) in [5.41, 5.74) is 1.25. The van der Waals surface area contributed by atoms with Crippen molar-refractivity contribution in [1.82, 2.24) is 15.0 Å². The number of rotatable bonds is 5. The fourth-order valence-electron chi connectivity index (χ4n) is 1.40. The van der Waals surface area contributed by atoms with Crippen molar-refractivity contribution >= 4 is 11.6 Å². The number of hydrogen-bond donors (Lipinski definition) is 0. The van der Waals surface area contributed by atoms with Gasteiger partial charge < -0.3 is 4.74 Å². The van der Waals surface area contributed by atoms with Crippen molar-refractivity contribution in [3.8, 4) is 5.88 Å². The summed E-state index contributed by atoms with van der Waals surface area (Å²) in [5.74, 6) is 0.514. The third-order valence-corrected chi connectivity index (χ3v) is 2.42. The lowest BCUT2D eigenvalue weighted by molar-refractivity contribution is 0.298. The maximum atomic E-state index is 5.72. The Kier molecular flexibility index (Phi) is 4.27. The minimum absolute atomic E-state index is 0.393. The minimum atomic E-state index is 0.393. The predicted molar refractivity (Wildman–Crippen MR) is 65.1 cm³/mol. The lowest BCUT2D eigenvalue weighted by Crippen LogP contribution is -2.01. The predicted octanol–water partition coefficient (Wildman–Crippen LogP) is 2.54. The third-order valence-electron chi connectivity index (χ3n) is 2.22. The second kappa shape index (κ2) is 6.15. The minimum Gasteiger partial charge on any atom is -0.478 e. The van der Waals surface area contributed by atoms with Gasteiger partial charge >= 0.3 is 0 Å². The molecule has 0 aromatic carbocycles. The van der Waals surface area contributed by atoms with Crippen molar-refractivity contribution in [3.63, 3.8) is 0 Å². The molecule has 0 amide bonds. The molecular weight excluding hydrogens is 238 g/mol. The maximum Gasteiger partial charge on any atom is 0.217 e. The molecule has 0 saturated heterocycles. The van der Waals surface area contributed by atoms with E-state index in [0.29, 0.717) is 17.6 Å². The van der Waals surface area contributed by atoms with Crippen LogP contribution >= 0.6 is 11.6 Å². The summed E-state index contributed by atoms with van der Waals surface area (Å²) in [6.45, 7) is 0.607. The van der Waals surface area contributed by atoms with Crippen molar-refractivity contribution in [1.29, 1.82) is 0 Å². The van der Waals surface area contributed by atoms with E-state index in [1.807, 2.05) is 12.1 Å². The summed E-state index contributed by atoms with van der Waals surface area (Å²) in [7, 11) is 0. The van der Waals surface area contributed by atoms with E-state index in [4.69, 9.17) is 16.3 Å². The van der Waals surface area contributed by atoms with Gasteiger partial charge in [-0.05, 0) is 30.5 Å². The van der Waals surface area contributed by atoms with Gasteiger partial charge in [0.2, 0.25) is 5.88 Å². The fraction of sp³-hybridized carbons (Fsp3) is 0.250. The second-order valence-electron chi connectivity index (χ2n) is 3.49. The van der Waals surface area contributed by atoms with E-state index >= 15 is 0 Å². The Morgan fingerprint density at radius 3 is 2.76 bits per heavy atom. The summed E-state index contributed by atoms with van der Waals surface area (Å²) in [6.07, 6.45) is 6.86. The molecule has 5 heteroatoms. The van der Waals surface area contributed by atoms with Gasteiger partial charge in [0, 0.05) is 18.5 Å². The van der Waals surface area contributed by atoms with Gasteiger partial charge in [-0.15, -0.1) is 0 Å². The first-order valence-corrected chi connectivity index (χ1v) is 5.71. The smallest absolute Gasteiger partial charge is 0.217 e. The highest BCUT2D eigenvalue weighted by Gasteiger charge is 1.98. The van der Waals surface area contributed by atoms with Crippen molar-refractivity contribution < 1.29 is 4.74 Å². The van der Waals surface area contributed by atoms with E-state index in [9.17, 15) is 0 Å². The van der Waals surface area contributed by atoms with E-state index in [1.165, 1.54) is 11.9 Å². The number of halogens is 1. The average molecular weight is 250 g/mol. The standard InChI is InChI=1S/C12H12ClN3O/c13-11-8-12(16-9-15-11)17-7-1-2-10-3-5-14-6-4-10/h3-6,8-9H,1-2,7H2. The summed E-state index contributed by atoms with van der Waals surface area (Å²) in [4.78, 5) is 11.7. The third kappa shape index (κ3) is 4.00. The van der Waals surface area contributed by atoms with Gasteiger partial charge in [-0.1, -0.05) is 11.6 Å². The van der Waals surface area contributed by atoms with Gasteiger partial charge in [0.1, 0.15) is 11.5 Å². The second-order valence-corrected chi connectivity index (χ2v) is 3.87. The van der Waals surface area contributed by atoms with Crippen LogP contribution in [0.5, 0.6) is 5.88 Å². The molecule has 0 aliphatic carbocycles. The van der Waals surface area contributed by atoms with E-state index in [2.05, 4.69) is 15.0 Å². The topological polar surface area (TPSA) is 47.9 Å². The van der Waals surface area contributed by atoms with Crippen LogP contribution < -0.4 is 4.74 Å². The molecule has 2 rings (SSSR count). The first-order valence-electron chi connectivity index (χ1n) is 5.34. The zero-order valence-corrected chi connectivity index (χ0v) is 9.97. The Labute approximate surface area is 105 Å². The Hall–Kier alpha value is -1.68. The molecule has 17 heavy (non-hydrogen) atoms. The van der Waals surface area contributed by atoms with Crippen LogP contribution in [0.25, 0.3) is 0 Å². The van der Waals surface area contributed by atoms with Crippen LogP contribution in [0.3, 0.4) is 0 Å². The zero-order chi connectivity index (χ0) is 11.9. The molecule has 88 valence electrons. The Bertz CT molecular complexity index is 464. The van der Waals surface area contributed by atoms with Crippen molar-refractivity contribution in [2.45, 2.75) is 12.8 Å². The molecule has 2 heterocycles. The SMILES string of the molecule is Clc1cc(OCCCc2ccncc2)ncn1. The first kappa shape index (κ1) is 11.8. The normalized spacial score (nSPS) is 10.2. The monoisotopic (exact) mass is 249 g/mol. The van der Waals surface area contributed by atoms with E-state index < -0.39 is 0 Å². The van der Waals surface area contributed by atoms with Gasteiger partial charge in [0.05, 0.1) is 6.61 Å². The van der Waals surface area contributed by atoms with Gasteiger partial charge in [0.15, 0.2) is 0 Å². The average Bonchev–Trinajstić information content (AvgIpc) is 2.36. The van der Waals surface area contributed by atoms with Crippen LogP contribution in [-0.2, 0) is 6.42 Å². The quantitative estimate of drug-likeness (QED) is 0.604. The van der Waals surface area contributed by atoms with Crippen molar-refractivity contribution in [2.75, 3.05) is 6.61 Å². The summed E-state index contributed by atoms with van der Waals surface area (Å²) < 4.78 is 5.46. The lowest BCUT2D eigenvalue weighted by atomic mass is 10.1. The Morgan fingerprint density at radius 1 is 1.18 bits per heavy atom. The van der Waals surface area contributed by atoms with Crippen LogP contribution in [0.15, 0.2) is 36.9 Å². The molecule has 2 aromatic heterocycles. The fourth-order valence-corrected chi connectivity index (χ4v) is 1.54. The van der Waals surface area contributed by atoms with Crippen LogP contribution in [0.4, 0.5) is 0 Å². The van der Waals surface area contributed by atoms with Gasteiger partial charge in [-0.25, -0.2) is 9.97 Å². The van der Waals surface area contributed by atoms with Crippen LogP contribution in [0.2, 0.25) is 5.15 Å². The molecule has 2 aromatic rings. The maximum absolute atomic E-state index is 5.72. The summed E-state index contributed by atoms with van der Waals surface area (Å²) in [5, 5.41) is 0.393. The molecule has 0 bridgehead atoms. The van der Waals surface area contributed by atoms with E-state index in [0.717, 1.165) is 12.8 Å². The molecule has 0 N–H and O–H groups in total. The van der Waals surface area contributed by atoms with Crippen molar-refractivity contribution in [2.24, 2.45) is 0 Å². The van der Waals surface area contributed by atoms with E-state index in [1.54, 1.807) is 18.5 Å². The number of nitrogens with zero attached hydrogens (tertiary/aromatic N) is 3. The molecule has 0 saturated carbocycles. The van der Waals surface area contributed by atoms with E-state index in [-0.39, 0.29) is 0 Å². The molecule has 0 atom stereocenters. The van der Waals surface area contributed by atoms with Crippen LogP contribution in [-0.4, -0.2) is 21.6 Å². The first-order chi connectivity index (χ1) is 8.34. The molecule has 0 spiro atoms. The molecule has 0 unspecified atom stereocenters. The molecule has 0 radical (unpaired) electrons. The highest BCUT2D eigenvalue weighted by molar-refractivity contribution is 6.29. The molecule has 0 aliphatic rings. The Balaban J connectivity index is 1.73. The molecular formula is C12H12ClN3O. The summed E-state index contributed by atoms with van der Waals surface area (Å²) >= 11 is 5.72.